The number of carbonyl (C=O) groups excluding carboxylic acids is 2. The first-order valence-electron chi connectivity index (χ1n) is 11.8. The fraction of sp³-hybridized carbons (Fsp3) is 0.520. The van der Waals surface area contributed by atoms with E-state index >= 15 is 0 Å². The molecule has 1 aromatic rings. The zero-order valence-electron chi connectivity index (χ0n) is 20.4. The van der Waals surface area contributed by atoms with Crippen LogP contribution in [0.2, 0.25) is 6.32 Å². The van der Waals surface area contributed by atoms with Gasteiger partial charge in [-0.3, -0.25) is 14.5 Å². The third-order valence-electron chi connectivity index (χ3n) is 7.33. The van der Waals surface area contributed by atoms with E-state index in [-0.39, 0.29) is 29.6 Å². The van der Waals surface area contributed by atoms with E-state index in [0.29, 0.717) is 41.5 Å². The van der Waals surface area contributed by atoms with Crippen molar-refractivity contribution in [1.82, 2.24) is 4.90 Å². The van der Waals surface area contributed by atoms with Crippen LogP contribution in [0.25, 0.3) is 6.08 Å². The maximum atomic E-state index is 12.9. The number of phenolic OH excluding ortho intramolecular Hbond substituents is 1. The van der Waals surface area contributed by atoms with Gasteiger partial charge in [0.1, 0.15) is 0 Å². The van der Waals surface area contributed by atoms with Gasteiger partial charge in [0, 0.05) is 14.2 Å². The first-order chi connectivity index (χ1) is 16.7. The molecule has 0 radical (unpaired) electrons. The summed E-state index contributed by atoms with van der Waals surface area (Å²) in [5, 5.41) is 20.6. The van der Waals surface area contributed by atoms with Gasteiger partial charge in [-0.25, -0.2) is 0 Å². The van der Waals surface area contributed by atoms with Crippen molar-refractivity contribution in [1.29, 1.82) is 0 Å². The van der Waals surface area contributed by atoms with Crippen LogP contribution in [0, 0.1) is 21.3 Å². The largest absolute Gasteiger partial charge is 0.504 e. The number of carbonyl (C=O) groups is 2. The molecule has 0 aromatic heterocycles. The summed E-state index contributed by atoms with van der Waals surface area (Å²) >= 11 is 2.07. The Bertz CT molecular complexity index is 1090. The molecule has 2 aliphatic heterocycles. The van der Waals surface area contributed by atoms with E-state index in [1.165, 1.54) is 12.0 Å². The quantitative estimate of drug-likeness (QED) is 0.216. The first-order valence-corrected chi connectivity index (χ1v) is 12.8. The summed E-state index contributed by atoms with van der Waals surface area (Å²) in [4.78, 5) is 26.9. The molecule has 8 nitrogen and oxygen atoms in total. The zero-order valence-corrected chi connectivity index (χ0v) is 22.6. The van der Waals surface area contributed by atoms with E-state index < -0.39 is 19.0 Å². The van der Waals surface area contributed by atoms with Gasteiger partial charge in [0.25, 0.3) is 0 Å². The number of benzene rings is 1. The Morgan fingerprint density at radius 1 is 1.29 bits per heavy atom. The van der Waals surface area contributed by atoms with Crippen LogP contribution in [0.3, 0.4) is 0 Å². The van der Waals surface area contributed by atoms with E-state index in [4.69, 9.17) is 14.1 Å². The number of ether oxygens (including phenoxy) is 2. The molecule has 3 aliphatic rings. The van der Waals surface area contributed by atoms with Crippen molar-refractivity contribution >= 4 is 47.6 Å². The molecule has 2 saturated heterocycles. The van der Waals surface area contributed by atoms with Gasteiger partial charge in [0.05, 0.1) is 35.2 Å². The van der Waals surface area contributed by atoms with Crippen LogP contribution in [0.1, 0.15) is 31.7 Å². The standard InChI is InChI=1S/C25H31BINO7/c1-13(7-14-8-18(27)23(29)20(9-14)34-4)5-6-19-21-15(12-33-3)10-16-22(17(21)11-26(32)35-19)25(31)28(2)24(16)30/h7-9,16-17,19,22,29,32H,5-6,10-12H2,1-4H3/b13-7+/t16-,17+,19-,22-/m1/s1. The lowest BCUT2D eigenvalue weighted by Gasteiger charge is -2.43. The molecule has 1 aliphatic carbocycles. The number of amides is 2. The number of rotatable bonds is 7. The SMILES string of the molecule is COCC1=C2[C@@H](CC/C(C)=C/c3cc(I)c(O)c(OC)c3)OB(O)C[C@@H]2[C@@H]2C(=O)N(C)C(=O)[C@@H]2C1. The predicted octanol–water partition coefficient (Wildman–Crippen LogP) is 3.26. The molecule has 0 unspecified atom stereocenters. The Kier molecular flexibility index (Phi) is 7.94. The Labute approximate surface area is 219 Å². The number of methoxy groups -OCH3 is 2. The van der Waals surface area contributed by atoms with Crippen LogP contribution in [0.4, 0.5) is 0 Å². The van der Waals surface area contributed by atoms with E-state index in [0.717, 1.165) is 22.3 Å². The molecule has 0 saturated carbocycles. The molecule has 35 heavy (non-hydrogen) atoms. The molecule has 0 spiro atoms. The van der Waals surface area contributed by atoms with Gasteiger partial charge in [-0.2, -0.15) is 0 Å². The minimum absolute atomic E-state index is 0.123. The van der Waals surface area contributed by atoms with Gasteiger partial charge in [-0.15, -0.1) is 0 Å². The fourth-order valence-electron chi connectivity index (χ4n) is 5.78. The Hall–Kier alpha value is -1.89. The van der Waals surface area contributed by atoms with Crippen molar-refractivity contribution in [3.05, 3.63) is 38.0 Å². The molecule has 2 N–H and O–H groups in total. The van der Waals surface area contributed by atoms with Gasteiger partial charge in [0.15, 0.2) is 11.5 Å². The number of phenols is 1. The summed E-state index contributed by atoms with van der Waals surface area (Å²) in [5.74, 6) is -0.858. The number of hydrogen-bond acceptors (Lipinski definition) is 7. The average molecular weight is 595 g/mol. The third kappa shape index (κ3) is 5.03. The molecule has 4 rings (SSSR count). The second-order valence-corrected chi connectivity index (χ2v) is 10.7. The molecule has 2 amide bonds. The molecule has 188 valence electrons. The predicted molar refractivity (Wildman–Crippen MR) is 140 cm³/mol. The monoisotopic (exact) mass is 595 g/mol. The van der Waals surface area contributed by atoms with Gasteiger partial charge < -0.3 is 24.3 Å². The van der Waals surface area contributed by atoms with Crippen molar-refractivity contribution in [3.8, 4) is 11.5 Å². The summed E-state index contributed by atoms with van der Waals surface area (Å²) in [5.41, 5.74) is 4.04. The summed E-state index contributed by atoms with van der Waals surface area (Å²) in [6, 6.07) is 3.68. The van der Waals surface area contributed by atoms with Crippen molar-refractivity contribution < 1.29 is 33.8 Å². The third-order valence-corrected chi connectivity index (χ3v) is 8.15. The normalized spacial score (nSPS) is 26.9. The molecule has 0 bridgehead atoms. The zero-order chi connectivity index (χ0) is 25.4. The highest BCUT2D eigenvalue weighted by atomic mass is 127. The number of fused-ring (bicyclic) bond motifs is 3. The number of halogens is 1. The lowest BCUT2D eigenvalue weighted by Crippen LogP contribution is -2.46. The van der Waals surface area contributed by atoms with Crippen LogP contribution in [0.15, 0.2) is 28.9 Å². The summed E-state index contributed by atoms with van der Waals surface area (Å²) in [7, 11) is 3.70. The van der Waals surface area contributed by atoms with Crippen LogP contribution < -0.4 is 4.74 Å². The number of allylic oxidation sites excluding steroid dienone is 1. The van der Waals surface area contributed by atoms with Crippen molar-refractivity contribution in [2.75, 3.05) is 27.9 Å². The summed E-state index contributed by atoms with van der Waals surface area (Å²) in [6.07, 6.45) is 3.79. The van der Waals surface area contributed by atoms with Crippen molar-refractivity contribution in [3.63, 3.8) is 0 Å². The van der Waals surface area contributed by atoms with Crippen LogP contribution in [0.5, 0.6) is 11.5 Å². The number of hydrogen-bond donors (Lipinski definition) is 2. The number of likely N-dealkylation sites (tertiary alicyclic amines) is 1. The highest BCUT2D eigenvalue weighted by Crippen LogP contribution is 2.50. The van der Waals surface area contributed by atoms with E-state index in [1.807, 2.05) is 19.1 Å². The van der Waals surface area contributed by atoms with Gasteiger partial charge in [-0.05, 0) is 89.9 Å². The van der Waals surface area contributed by atoms with E-state index in [9.17, 15) is 19.7 Å². The molecular formula is C25H31BINO7. The molecule has 10 heteroatoms. The Morgan fingerprint density at radius 3 is 2.71 bits per heavy atom. The maximum absolute atomic E-state index is 12.9. The molecule has 1 aromatic carbocycles. The van der Waals surface area contributed by atoms with Crippen molar-refractivity contribution in [2.24, 2.45) is 17.8 Å². The topological polar surface area (TPSA) is 106 Å². The lowest BCUT2D eigenvalue weighted by molar-refractivity contribution is -0.138. The lowest BCUT2D eigenvalue weighted by atomic mass is 9.58. The molecule has 2 fully saturated rings. The van der Waals surface area contributed by atoms with Crippen molar-refractivity contribution in [2.45, 2.75) is 38.6 Å². The summed E-state index contributed by atoms with van der Waals surface area (Å²) in [6.45, 7) is 2.40. The number of aromatic hydroxyl groups is 1. The number of imide groups is 1. The Morgan fingerprint density at radius 2 is 2.03 bits per heavy atom. The molecular weight excluding hydrogens is 564 g/mol. The van der Waals surface area contributed by atoms with Gasteiger partial charge >= 0.3 is 7.12 Å². The first kappa shape index (κ1) is 26.2. The minimum atomic E-state index is -0.989. The molecule has 4 atom stereocenters. The van der Waals surface area contributed by atoms with E-state index in [1.54, 1.807) is 20.2 Å². The highest BCUT2D eigenvalue weighted by Gasteiger charge is 2.56. The van der Waals surface area contributed by atoms with E-state index in [2.05, 4.69) is 22.6 Å². The second kappa shape index (κ2) is 10.6. The maximum Gasteiger partial charge on any atom is 0.455 e. The van der Waals surface area contributed by atoms with Gasteiger partial charge in [0.2, 0.25) is 11.8 Å². The summed E-state index contributed by atoms with van der Waals surface area (Å²) < 4.78 is 17.4. The van der Waals surface area contributed by atoms with Gasteiger partial charge in [-0.1, -0.05) is 11.6 Å². The number of nitrogens with zero attached hydrogens (tertiary/aromatic N) is 1. The van der Waals surface area contributed by atoms with Crippen LogP contribution in [-0.4, -0.2) is 67.9 Å². The molecule has 2 heterocycles. The fourth-order valence-corrected chi connectivity index (χ4v) is 6.40. The highest BCUT2D eigenvalue weighted by molar-refractivity contribution is 14.1. The smallest absolute Gasteiger partial charge is 0.455 e. The van der Waals surface area contributed by atoms with Crippen LogP contribution >= 0.6 is 22.6 Å². The van der Waals surface area contributed by atoms with Crippen LogP contribution in [-0.2, 0) is 19.0 Å². The second-order valence-electron chi connectivity index (χ2n) is 9.57. The minimum Gasteiger partial charge on any atom is -0.504 e. The average Bonchev–Trinajstić information content (AvgIpc) is 3.03. The Balaban J connectivity index is 1.59.